The van der Waals surface area contributed by atoms with Crippen LogP contribution in [0.1, 0.15) is 61.9 Å². The van der Waals surface area contributed by atoms with Crippen LogP contribution < -0.4 is 5.32 Å². The molecular weight excluding hydrogens is 262 g/mol. The van der Waals surface area contributed by atoms with Crippen LogP contribution >= 0.6 is 0 Å². The second-order valence-electron chi connectivity index (χ2n) is 6.84. The van der Waals surface area contributed by atoms with Gasteiger partial charge in [0.25, 0.3) is 0 Å². The largest absolute Gasteiger partial charge is 0.478 e. The maximum Gasteiger partial charge on any atom is 0.335 e. The van der Waals surface area contributed by atoms with E-state index in [0.29, 0.717) is 11.6 Å². The highest BCUT2D eigenvalue weighted by atomic mass is 16.4. The number of rotatable bonds is 5. The quantitative estimate of drug-likeness (QED) is 0.825. The van der Waals surface area contributed by atoms with Crippen molar-refractivity contribution in [2.75, 3.05) is 5.32 Å². The first-order chi connectivity index (χ1) is 9.95. The summed E-state index contributed by atoms with van der Waals surface area (Å²) in [5.74, 6) is 0.699. The van der Waals surface area contributed by atoms with E-state index in [1.165, 1.54) is 32.1 Å². The van der Waals surface area contributed by atoms with Gasteiger partial charge in [0.2, 0.25) is 0 Å². The summed E-state index contributed by atoms with van der Waals surface area (Å²) in [4.78, 5) is 11.1. The molecule has 2 N–H and O–H groups in total. The molecule has 0 spiro atoms. The van der Waals surface area contributed by atoms with Crippen LogP contribution in [0.15, 0.2) is 18.2 Å². The van der Waals surface area contributed by atoms with Crippen molar-refractivity contribution < 1.29 is 9.90 Å². The van der Waals surface area contributed by atoms with Crippen LogP contribution in [-0.2, 0) is 0 Å². The molecular formula is C18H27NO2. The average molecular weight is 289 g/mol. The molecule has 2 unspecified atom stereocenters. The fourth-order valence-electron chi connectivity index (χ4n) is 3.43. The predicted molar refractivity (Wildman–Crippen MR) is 87.0 cm³/mol. The number of nitrogens with one attached hydrogen (secondary N) is 1. The molecule has 3 nitrogen and oxygen atoms in total. The monoisotopic (exact) mass is 289 g/mol. The van der Waals surface area contributed by atoms with Gasteiger partial charge >= 0.3 is 5.97 Å². The summed E-state index contributed by atoms with van der Waals surface area (Å²) < 4.78 is 0. The number of hydrogen-bond donors (Lipinski definition) is 2. The van der Waals surface area contributed by atoms with Gasteiger partial charge in [-0.3, -0.25) is 0 Å². The third-order valence-corrected chi connectivity index (χ3v) is 4.43. The Kier molecular flexibility index (Phi) is 5.27. The van der Waals surface area contributed by atoms with Gasteiger partial charge in [0.05, 0.1) is 5.56 Å². The second-order valence-corrected chi connectivity index (χ2v) is 6.84. The highest BCUT2D eigenvalue weighted by Crippen LogP contribution is 2.31. The Bertz CT molecular complexity index is 496. The topological polar surface area (TPSA) is 49.3 Å². The smallest absolute Gasteiger partial charge is 0.335 e. The molecule has 1 saturated carbocycles. The van der Waals surface area contributed by atoms with Crippen LogP contribution in [0, 0.1) is 18.8 Å². The zero-order valence-electron chi connectivity index (χ0n) is 13.4. The summed E-state index contributed by atoms with van der Waals surface area (Å²) in [7, 11) is 0. The number of anilines is 1. The molecule has 1 aromatic carbocycles. The third-order valence-electron chi connectivity index (χ3n) is 4.43. The Morgan fingerprint density at radius 1 is 1.38 bits per heavy atom. The van der Waals surface area contributed by atoms with Gasteiger partial charge in [-0.1, -0.05) is 32.8 Å². The Labute approximate surface area is 127 Å². The summed E-state index contributed by atoms with van der Waals surface area (Å²) >= 11 is 0. The lowest BCUT2D eigenvalue weighted by Gasteiger charge is -2.32. The van der Waals surface area contributed by atoms with Crippen molar-refractivity contribution in [2.45, 2.75) is 58.9 Å². The normalized spacial score (nSPS) is 22.3. The fraction of sp³-hybridized carbons (Fsp3) is 0.611. The molecule has 0 radical (unpaired) electrons. The third kappa shape index (κ3) is 4.48. The number of aryl methyl sites for hydroxylation is 1. The van der Waals surface area contributed by atoms with Crippen LogP contribution in [0.3, 0.4) is 0 Å². The maximum absolute atomic E-state index is 11.1. The van der Waals surface area contributed by atoms with Crippen molar-refractivity contribution in [3.05, 3.63) is 29.3 Å². The van der Waals surface area contributed by atoms with E-state index in [4.69, 9.17) is 5.11 Å². The zero-order valence-corrected chi connectivity index (χ0v) is 13.4. The Balaban J connectivity index is 2.03. The summed E-state index contributed by atoms with van der Waals surface area (Å²) in [5, 5.41) is 12.7. The molecule has 2 rings (SSSR count). The van der Waals surface area contributed by atoms with Crippen molar-refractivity contribution in [2.24, 2.45) is 11.8 Å². The van der Waals surface area contributed by atoms with Crippen molar-refractivity contribution in [1.29, 1.82) is 0 Å². The minimum atomic E-state index is -0.862. The molecule has 1 aromatic rings. The maximum atomic E-state index is 11.1. The SMILES string of the molecule is Cc1ccc(C(=O)O)cc1NC1CCCC(CC(C)C)C1. The molecule has 0 saturated heterocycles. The highest BCUT2D eigenvalue weighted by Gasteiger charge is 2.23. The zero-order chi connectivity index (χ0) is 15.4. The predicted octanol–water partition coefficient (Wildman–Crippen LogP) is 4.71. The lowest BCUT2D eigenvalue weighted by atomic mass is 9.81. The van der Waals surface area contributed by atoms with Crippen molar-refractivity contribution in [3.63, 3.8) is 0 Å². The van der Waals surface area contributed by atoms with Gasteiger partial charge in [0.15, 0.2) is 0 Å². The molecule has 2 atom stereocenters. The first kappa shape index (κ1) is 15.9. The van der Waals surface area contributed by atoms with E-state index in [2.05, 4.69) is 19.2 Å². The number of hydrogen-bond acceptors (Lipinski definition) is 2. The van der Waals surface area contributed by atoms with Crippen LogP contribution in [0.25, 0.3) is 0 Å². The van der Waals surface area contributed by atoms with Gasteiger partial charge in [0, 0.05) is 11.7 Å². The molecule has 0 heterocycles. The van der Waals surface area contributed by atoms with Crippen molar-refractivity contribution in [1.82, 2.24) is 0 Å². The van der Waals surface area contributed by atoms with E-state index in [1.807, 2.05) is 13.0 Å². The van der Waals surface area contributed by atoms with Gasteiger partial charge in [0.1, 0.15) is 0 Å². The first-order valence-electron chi connectivity index (χ1n) is 8.06. The standard InChI is InChI=1S/C18H27NO2/c1-12(2)9-14-5-4-6-16(10-14)19-17-11-15(18(20)21)8-7-13(17)3/h7-8,11-12,14,16,19H,4-6,9-10H2,1-3H3,(H,20,21). The minimum Gasteiger partial charge on any atom is -0.478 e. The number of aromatic carboxylic acids is 1. The van der Waals surface area contributed by atoms with Crippen LogP contribution in [0.2, 0.25) is 0 Å². The molecule has 21 heavy (non-hydrogen) atoms. The van der Waals surface area contributed by atoms with E-state index >= 15 is 0 Å². The van der Waals surface area contributed by atoms with E-state index in [0.717, 1.165) is 23.1 Å². The average Bonchev–Trinajstić information content (AvgIpc) is 2.40. The molecule has 1 aliphatic rings. The molecule has 3 heteroatoms. The molecule has 0 bridgehead atoms. The molecule has 1 fully saturated rings. The number of benzene rings is 1. The van der Waals surface area contributed by atoms with Gasteiger partial charge in [-0.05, 0) is 55.7 Å². The highest BCUT2D eigenvalue weighted by molar-refractivity contribution is 5.89. The summed E-state index contributed by atoms with van der Waals surface area (Å²) in [6.07, 6.45) is 6.30. The summed E-state index contributed by atoms with van der Waals surface area (Å²) in [6.45, 7) is 6.61. The van der Waals surface area contributed by atoms with Gasteiger partial charge in [-0.2, -0.15) is 0 Å². The minimum absolute atomic E-state index is 0.359. The summed E-state index contributed by atoms with van der Waals surface area (Å²) in [5.41, 5.74) is 2.45. The fourth-order valence-corrected chi connectivity index (χ4v) is 3.43. The van der Waals surface area contributed by atoms with Gasteiger partial charge in [-0.15, -0.1) is 0 Å². The number of carboxylic acid groups (broad SMARTS) is 1. The van der Waals surface area contributed by atoms with Gasteiger partial charge in [-0.25, -0.2) is 4.79 Å². The van der Waals surface area contributed by atoms with Crippen molar-refractivity contribution >= 4 is 11.7 Å². The van der Waals surface area contributed by atoms with E-state index < -0.39 is 5.97 Å². The molecule has 0 aliphatic heterocycles. The van der Waals surface area contributed by atoms with Crippen molar-refractivity contribution in [3.8, 4) is 0 Å². The lowest BCUT2D eigenvalue weighted by molar-refractivity contribution is 0.0697. The summed E-state index contributed by atoms with van der Waals surface area (Å²) in [6, 6.07) is 5.81. The van der Waals surface area contributed by atoms with Crippen LogP contribution in [0.5, 0.6) is 0 Å². The van der Waals surface area contributed by atoms with Gasteiger partial charge < -0.3 is 10.4 Å². The Morgan fingerprint density at radius 2 is 2.14 bits per heavy atom. The lowest BCUT2D eigenvalue weighted by Crippen LogP contribution is -2.28. The van der Waals surface area contributed by atoms with E-state index in [-0.39, 0.29) is 0 Å². The Morgan fingerprint density at radius 3 is 2.81 bits per heavy atom. The van der Waals surface area contributed by atoms with E-state index in [1.54, 1.807) is 12.1 Å². The molecule has 0 amide bonds. The molecule has 1 aliphatic carbocycles. The Hall–Kier alpha value is -1.51. The first-order valence-corrected chi connectivity index (χ1v) is 8.06. The van der Waals surface area contributed by atoms with Crippen LogP contribution in [-0.4, -0.2) is 17.1 Å². The number of carbonyl (C=O) groups is 1. The number of carboxylic acids is 1. The second kappa shape index (κ2) is 6.97. The molecule has 116 valence electrons. The van der Waals surface area contributed by atoms with Crippen LogP contribution in [0.4, 0.5) is 5.69 Å². The molecule has 0 aromatic heterocycles. The van der Waals surface area contributed by atoms with E-state index in [9.17, 15) is 4.79 Å².